The molecule has 0 radical (unpaired) electrons. The molecule has 1 saturated heterocycles. The lowest BCUT2D eigenvalue weighted by molar-refractivity contribution is -0.146. The van der Waals surface area contributed by atoms with Crippen LogP contribution in [0.2, 0.25) is 0 Å². The molecule has 286 valence electrons. The van der Waals surface area contributed by atoms with Crippen LogP contribution in [-0.2, 0) is 35.2 Å². The number of amides is 5. The fourth-order valence-electron chi connectivity index (χ4n) is 7.22. The van der Waals surface area contributed by atoms with Crippen LogP contribution < -0.4 is 21.3 Å². The van der Waals surface area contributed by atoms with Crippen molar-refractivity contribution in [2.45, 2.75) is 103 Å². The Hall–Kier alpha value is -5.21. The number of benzene rings is 1. The monoisotopic (exact) mass is 733 g/mol. The molecule has 1 aliphatic heterocycles. The smallest absolute Gasteiger partial charge is 0.326 e. The van der Waals surface area contributed by atoms with Crippen molar-refractivity contribution in [1.82, 2.24) is 36.1 Å². The molecule has 15 heteroatoms. The van der Waals surface area contributed by atoms with E-state index in [4.69, 9.17) is 0 Å². The van der Waals surface area contributed by atoms with Crippen LogP contribution >= 0.6 is 0 Å². The summed E-state index contributed by atoms with van der Waals surface area (Å²) in [5.74, 6) is -6.53. The third kappa shape index (κ3) is 10.2. The van der Waals surface area contributed by atoms with Gasteiger partial charge in [-0.1, -0.05) is 77.8 Å². The summed E-state index contributed by atoms with van der Waals surface area (Å²) in [6, 6.07) is 3.07. The van der Waals surface area contributed by atoms with E-state index in [1.165, 1.54) is 23.5 Å². The summed E-state index contributed by atoms with van der Waals surface area (Å²) in [5.41, 5.74) is 0.691. The van der Waals surface area contributed by atoms with E-state index >= 15 is 0 Å². The van der Waals surface area contributed by atoms with Gasteiger partial charge in [0.05, 0.1) is 12.2 Å². The Labute approximate surface area is 309 Å². The molecule has 2 aromatic rings. The van der Waals surface area contributed by atoms with Crippen LogP contribution in [0.1, 0.15) is 82.8 Å². The molecule has 53 heavy (non-hydrogen) atoms. The van der Waals surface area contributed by atoms with Gasteiger partial charge in [0.25, 0.3) is 11.8 Å². The van der Waals surface area contributed by atoms with Crippen molar-refractivity contribution < 1.29 is 38.7 Å². The average molecular weight is 734 g/mol. The molecule has 0 spiro atoms. The molecular weight excluding hydrogens is 682 g/mol. The molecule has 2 aliphatic rings. The summed E-state index contributed by atoms with van der Waals surface area (Å²) in [5, 5.41) is 20.3. The number of ketones is 1. The third-order valence-electron chi connectivity index (χ3n) is 10.0. The minimum absolute atomic E-state index is 0.0332. The van der Waals surface area contributed by atoms with E-state index < -0.39 is 77.4 Å². The molecule has 1 saturated carbocycles. The van der Waals surface area contributed by atoms with Gasteiger partial charge in [0.2, 0.25) is 23.5 Å². The van der Waals surface area contributed by atoms with E-state index in [0.717, 1.165) is 12.8 Å². The summed E-state index contributed by atoms with van der Waals surface area (Å²) in [6.45, 7) is 9.13. The fourth-order valence-corrected chi connectivity index (χ4v) is 7.22. The maximum absolute atomic E-state index is 14.3. The highest BCUT2D eigenvalue weighted by Gasteiger charge is 2.51. The van der Waals surface area contributed by atoms with E-state index in [9.17, 15) is 38.7 Å². The zero-order chi connectivity index (χ0) is 38.8. The first-order valence-corrected chi connectivity index (χ1v) is 18.3. The molecule has 1 aromatic carbocycles. The number of aromatic nitrogens is 2. The second-order valence-corrected chi connectivity index (χ2v) is 14.6. The molecule has 5 N–H and O–H groups in total. The lowest BCUT2D eigenvalue weighted by Crippen LogP contribution is -2.60. The number of nitrogens with one attached hydrogen (secondary N) is 4. The summed E-state index contributed by atoms with van der Waals surface area (Å²) < 4.78 is 0. The van der Waals surface area contributed by atoms with Crippen LogP contribution in [0.25, 0.3) is 0 Å². The number of fused-ring (bicyclic) bond motifs is 1. The van der Waals surface area contributed by atoms with Gasteiger partial charge in [-0.25, -0.2) is 9.78 Å². The van der Waals surface area contributed by atoms with Gasteiger partial charge in [-0.3, -0.25) is 33.8 Å². The third-order valence-corrected chi connectivity index (χ3v) is 10.0. The highest BCUT2D eigenvalue weighted by Crippen LogP contribution is 2.42. The molecule has 1 aliphatic carbocycles. The number of hydrogen-bond donors (Lipinski definition) is 5. The Morgan fingerprint density at radius 2 is 1.57 bits per heavy atom. The number of rotatable bonds is 17. The molecule has 2 fully saturated rings. The number of carboxylic acid groups (broad SMARTS) is 1. The molecule has 2 unspecified atom stereocenters. The van der Waals surface area contributed by atoms with Gasteiger partial charge in [0.15, 0.2) is 0 Å². The maximum atomic E-state index is 14.3. The lowest BCUT2D eigenvalue weighted by Gasteiger charge is -2.34. The lowest BCUT2D eigenvalue weighted by atomic mass is 9.92. The number of carbonyl (C=O) groups excluding carboxylic acids is 6. The maximum Gasteiger partial charge on any atom is 0.326 e. The normalized spacial score (nSPS) is 20.1. The number of likely N-dealkylation sites (tertiary alicyclic amines) is 1. The summed E-state index contributed by atoms with van der Waals surface area (Å²) in [4.78, 5) is 103. The molecule has 1 aromatic heterocycles. The Bertz CT molecular complexity index is 1640. The van der Waals surface area contributed by atoms with E-state index in [1.807, 2.05) is 0 Å². The predicted molar refractivity (Wildman–Crippen MR) is 193 cm³/mol. The van der Waals surface area contributed by atoms with Crippen molar-refractivity contribution in [3.63, 3.8) is 0 Å². The van der Waals surface area contributed by atoms with Gasteiger partial charge in [0.1, 0.15) is 29.9 Å². The Morgan fingerprint density at radius 1 is 0.868 bits per heavy atom. The zero-order valence-corrected chi connectivity index (χ0v) is 30.9. The van der Waals surface area contributed by atoms with Crippen LogP contribution in [0.5, 0.6) is 0 Å². The quantitative estimate of drug-likeness (QED) is 0.148. The summed E-state index contributed by atoms with van der Waals surface area (Å²) in [7, 11) is 0. The number of nitrogens with zero attached hydrogens (tertiary/aromatic N) is 3. The predicted octanol–water partition coefficient (Wildman–Crippen LogP) is 1.67. The molecular formula is C38H51N7O8. The van der Waals surface area contributed by atoms with Gasteiger partial charge in [-0.15, -0.1) is 0 Å². The van der Waals surface area contributed by atoms with Crippen LogP contribution in [-0.4, -0.2) is 98.0 Å². The SMILES string of the molecule is CCCC(NC(=O)C1[C@H]2CCC[C@H]2CN1C(=O)[C@@H](NC(=O)[C@@H](NC(=O)c1cnccn1)C(C)C)C(C)C)C(=O)C(=O)N[C@@H](Cc1ccccc1)C(=O)O. The van der Waals surface area contributed by atoms with Crippen LogP contribution in [0.3, 0.4) is 0 Å². The standard InChI is InChI=1S/C38H51N7O8/c1-6-11-26(32(46)36(50)42-27(38(52)53)18-23-12-8-7-9-13-23)41-35(49)31-25-15-10-14-24(25)20-45(31)37(51)30(22(4)5)44-34(48)29(21(2)3)43-33(47)28-19-39-16-17-40-28/h7-9,12-13,16-17,19,21-22,24-27,29-31H,6,10-11,14-15,18,20H2,1-5H3,(H,41,49)(H,42,50)(H,43,47)(H,44,48)(H,52,53)/t24-,25-,26?,27-,29-,30-,31?/m0/s1. The minimum Gasteiger partial charge on any atom is -0.480 e. The molecule has 7 atom stereocenters. The molecule has 15 nitrogen and oxygen atoms in total. The van der Waals surface area contributed by atoms with Crippen molar-refractivity contribution in [3.8, 4) is 0 Å². The van der Waals surface area contributed by atoms with E-state index in [0.29, 0.717) is 18.4 Å². The van der Waals surface area contributed by atoms with Gasteiger partial charge in [0, 0.05) is 25.4 Å². The van der Waals surface area contributed by atoms with Crippen molar-refractivity contribution in [1.29, 1.82) is 0 Å². The number of hydrogen-bond acceptors (Lipinski definition) is 9. The number of carboxylic acids is 1. The van der Waals surface area contributed by atoms with Gasteiger partial charge >= 0.3 is 5.97 Å². The van der Waals surface area contributed by atoms with Crippen molar-refractivity contribution in [3.05, 3.63) is 60.2 Å². The topological polar surface area (TPSA) is 217 Å². The first-order valence-electron chi connectivity index (χ1n) is 18.3. The van der Waals surface area contributed by atoms with Crippen LogP contribution in [0.15, 0.2) is 48.9 Å². The summed E-state index contributed by atoms with van der Waals surface area (Å²) in [6.07, 6.45) is 6.93. The molecule has 2 heterocycles. The zero-order valence-electron chi connectivity index (χ0n) is 30.9. The molecule has 5 amide bonds. The second-order valence-electron chi connectivity index (χ2n) is 14.6. The number of aliphatic carboxylic acids is 1. The second kappa shape index (κ2) is 18.5. The van der Waals surface area contributed by atoms with E-state index in [2.05, 4.69) is 31.2 Å². The molecule has 0 bridgehead atoms. The minimum atomic E-state index is -1.37. The Balaban J connectivity index is 1.50. The average Bonchev–Trinajstić information content (AvgIpc) is 3.74. The number of carbonyl (C=O) groups is 7. The molecule has 4 rings (SSSR count). The Morgan fingerprint density at radius 3 is 2.17 bits per heavy atom. The first-order chi connectivity index (χ1) is 25.2. The van der Waals surface area contributed by atoms with Crippen LogP contribution in [0.4, 0.5) is 0 Å². The Kier molecular flexibility index (Phi) is 14.2. The van der Waals surface area contributed by atoms with E-state index in [1.54, 1.807) is 65.0 Å². The first kappa shape index (κ1) is 40.6. The number of Topliss-reactive ketones (excluding diaryl/α,β-unsaturated/α-hetero) is 1. The highest BCUT2D eigenvalue weighted by molar-refractivity contribution is 6.38. The van der Waals surface area contributed by atoms with Gasteiger partial charge in [-0.2, -0.15) is 0 Å². The van der Waals surface area contributed by atoms with Crippen molar-refractivity contribution >= 4 is 41.3 Å². The highest BCUT2D eigenvalue weighted by atomic mass is 16.4. The van der Waals surface area contributed by atoms with Crippen LogP contribution in [0, 0.1) is 23.7 Å². The summed E-state index contributed by atoms with van der Waals surface area (Å²) >= 11 is 0. The largest absolute Gasteiger partial charge is 0.480 e. The van der Waals surface area contributed by atoms with E-state index in [-0.39, 0.29) is 42.8 Å². The van der Waals surface area contributed by atoms with Gasteiger partial charge in [-0.05, 0) is 48.5 Å². The fraction of sp³-hybridized carbons (Fsp3) is 0.553. The van der Waals surface area contributed by atoms with Crippen molar-refractivity contribution in [2.75, 3.05) is 6.54 Å². The van der Waals surface area contributed by atoms with Gasteiger partial charge < -0.3 is 31.3 Å². The van der Waals surface area contributed by atoms with Crippen molar-refractivity contribution in [2.24, 2.45) is 23.7 Å².